The first-order valence-corrected chi connectivity index (χ1v) is 9.47. The van der Waals surface area contributed by atoms with Crippen molar-refractivity contribution in [2.24, 2.45) is 5.92 Å². The molecule has 0 bridgehead atoms. The molecule has 2 aliphatic rings. The minimum absolute atomic E-state index is 0.592. The number of aromatic nitrogens is 3. The minimum atomic E-state index is 0.592. The smallest absolute Gasteiger partial charge is 0.139 e. The van der Waals surface area contributed by atoms with Gasteiger partial charge in [-0.2, -0.15) is 0 Å². The van der Waals surface area contributed by atoms with Crippen molar-refractivity contribution in [3.05, 3.63) is 54.0 Å². The van der Waals surface area contributed by atoms with Gasteiger partial charge < -0.3 is 10.3 Å². The zero-order valence-electron chi connectivity index (χ0n) is 14.7. The molecule has 1 aliphatic heterocycles. The number of rotatable bonds is 4. The molecule has 1 saturated carbocycles. The normalized spacial score (nSPS) is 25.3. The fourth-order valence-electron chi connectivity index (χ4n) is 4.46. The van der Waals surface area contributed by atoms with Gasteiger partial charge in [-0.05, 0) is 60.9 Å². The van der Waals surface area contributed by atoms with Gasteiger partial charge in [0.2, 0.25) is 0 Å². The van der Waals surface area contributed by atoms with Gasteiger partial charge in [-0.25, -0.2) is 4.98 Å². The molecule has 3 atom stereocenters. The van der Waals surface area contributed by atoms with Gasteiger partial charge in [0.1, 0.15) is 11.5 Å². The molecule has 0 radical (unpaired) electrons. The standard InChI is InChI=1S/C20H24N6/c1-2-7-21-15(3-1)12-23-19-10-17(16-6-8-22-20(16)25-19)13-4-5-18-14(9-13)11-24-26-18/h1-3,6-8,10,13-14,18,24,26H,4-5,9,11-12H2,(H2,22,23,25). The Morgan fingerprint density at radius 3 is 3.12 bits per heavy atom. The fourth-order valence-corrected chi connectivity index (χ4v) is 4.46. The molecule has 3 aromatic rings. The summed E-state index contributed by atoms with van der Waals surface area (Å²) in [6.45, 7) is 1.76. The number of H-pyrrole nitrogens is 1. The van der Waals surface area contributed by atoms with Crippen molar-refractivity contribution in [1.29, 1.82) is 0 Å². The van der Waals surface area contributed by atoms with Gasteiger partial charge in [0.15, 0.2) is 0 Å². The van der Waals surface area contributed by atoms with E-state index in [9.17, 15) is 0 Å². The Hall–Kier alpha value is -2.44. The van der Waals surface area contributed by atoms with Crippen molar-refractivity contribution in [3.8, 4) is 0 Å². The molecule has 4 N–H and O–H groups in total. The summed E-state index contributed by atoms with van der Waals surface area (Å²) in [5.74, 6) is 2.24. The van der Waals surface area contributed by atoms with E-state index in [1.54, 1.807) is 0 Å². The van der Waals surface area contributed by atoms with E-state index in [4.69, 9.17) is 4.98 Å². The first-order chi connectivity index (χ1) is 12.9. The van der Waals surface area contributed by atoms with Crippen LogP contribution in [0.3, 0.4) is 0 Å². The Bertz CT molecular complexity index is 890. The molecule has 6 heteroatoms. The predicted molar refractivity (Wildman–Crippen MR) is 103 cm³/mol. The SMILES string of the molecule is c1ccc(CNc2cc(C3CCC4NNCC4C3)c3cc[nH]c3n2)nc1. The fraction of sp³-hybridized carbons (Fsp3) is 0.400. The number of nitrogens with zero attached hydrogens (tertiary/aromatic N) is 2. The highest BCUT2D eigenvalue weighted by Crippen LogP contribution is 2.40. The largest absolute Gasteiger partial charge is 0.364 e. The number of fused-ring (bicyclic) bond motifs is 2. The van der Waals surface area contributed by atoms with Crippen molar-refractivity contribution in [2.45, 2.75) is 37.8 Å². The van der Waals surface area contributed by atoms with Gasteiger partial charge in [-0.1, -0.05) is 6.07 Å². The maximum atomic E-state index is 4.75. The number of nitrogens with one attached hydrogen (secondary N) is 4. The van der Waals surface area contributed by atoms with Crippen molar-refractivity contribution in [3.63, 3.8) is 0 Å². The Balaban J connectivity index is 1.42. The highest BCUT2D eigenvalue weighted by molar-refractivity contribution is 5.82. The topological polar surface area (TPSA) is 77.7 Å². The number of hydrazine groups is 1. The average Bonchev–Trinajstić information content (AvgIpc) is 3.35. The van der Waals surface area contributed by atoms with Gasteiger partial charge in [-0.3, -0.25) is 15.8 Å². The molecule has 6 nitrogen and oxygen atoms in total. The average molecular weight is 348 g/mol. The van der Waals surface area contributed by atoms with Crippen LogP contribution in [-0.2, 0) is 6.54 Å². The van der Waals surface area contributed by atoms with Crippen molar-refractivity contribution < 1.29 is 0 Å². The van der Waals surface area contributed by atoms with Crippen LogP contribution < -0.4 is 16.2 Å². The summed E-state index contributed by atoms with van der Waals surface area (Å²) in [5, 5.41) is 4.71. The second kappa shape index (κ2) is 6.70. The van der Waals surface area contributed by atoms with Gasteiger partial charge in [0.25, 0.3) is 0 Å². The second-order valence-corrected chi connectivity index (χ2v) is 7.41. The summed E-state index contributed by atoms with van der Waals surface area (Å²) in [4.78, 5) is 12.4. The predicted octanol–water partition coefficient (Wildman–Crippen LogP) is 2.93. The molecule has 2 fully saturated rings. The summed E-state index contributed by atoms with van der Waals surface area (Å²) in [5.41, 5.74) is 10.2. The van der Waals surface area contributed by atoms with Crippen LogP contribution >= 0.6 is 0 Å². The van der Waals surface area contributed by atoms with E-state index in [0.29, 0.717) is 18.5 Å². The van der Waals surface area contributed by atoms with Gasteiger partial charge in [-0.15, -0.1) is 0 Å². The van der Waals surface area contributed by atoms with E-state index in [2.05, 4.69) is 38.3 Å². The van der Waals surface area contributed by atoms with Crippen LogP contribution in [0.2, 0.25) is 0 Å². The maximum absolute atomic E-state index is 4.75. The number of aromatic amines is 1. The minimum Gasteiger partial charge on any atom is -0.364 e. The van der Waals surface area contributed by atoms with Crippen LogP contribution in [0.5, 0.6) is 0 Å². The Morgan fingerprint density at radius 2 is 2.19 bits per heavy atom. The van der Waals surface area contributed by atoms with Crippen LogP contribution in [0.15, 0.2) is 42.7 Å². The molecule has 0 aromatic carbocycles. The summed E-state index contributed by atoms with van der Waals surface area (Å²) < 4.78 is 0. The lowest BCUT2D eigenvalue weighted by atomic mass is 9.75. The molecule has 3 unspecified atom stereocenters. The molecular weight excluding hydrogens is 324 g/mol. The maximum Gasteiger partial charge on any atom is 0.139 e. The van der Waals surface area contributed by atoms with Crippen LogP contribution in [-0.4, -0.2) is 27.5 Å². The van der Waals surface area contributed by atoms with Gasteiger partial charge in [0.05, 0.1) is 12.2 Å². The molecule has 0 amide bonds. The monoisotopic (exact) mass is 348 g/mol. The summed E-state index contributed by atoms with van der Waals surface area (Å²) >= 11 is 0. The number of pyridine rings is 2. The van der Waals surface area contributed by atoms with Crippen LogP contribution in [0, 0.1) is 5.92 Å². The molecule has 3 aromatic heterocycles. The third-order valence-corrected chi connectivity index (χ3v) is 5.81. The van der Waals surface area contributed by atoms with Crippen LogP contribution in [0.4, 0.5) is 5.82 Å². The first kappa shape index (κ1) is 15.8. The zero-order chi connectivity index (χ0) is 17.3. The lowest BCUT2D eigenvalue weighted by Crippen LogP contribution is -2.34. The number of anilines is 1. The Kier molecular flexibility index (Phi) is 4.07. The summed E-state index contributed by atoms with van der Waals surface area (Å²) in [6.07, 6.45) is 7.50. The van der Waals surface area contributed by atoms with E-state index in [1.165, 1.54) is 30.2 Å². The van der Waals surface area contributed by atoms with E-state index >= 15 is 0 Å². The lowest BCUT2D eigenvalue weighted by molar-refractivity contribution is 0.303. The second-order valence-electron chi connectivity index (χ2n) is 7.41. The first-order valence-electron chi connectivity index (χ1n) is 9.47. The molecule has 134 valence electrons. The zero-order valence-corrected chi connectivity index (χ0v) is 14.7. The Morgan fingerprint density at radius 1 is 1.19 bits per heavy atom. The number of hydrogen-bond acceptors (Lipinski definition) is 5. The summed E-state index contributed by atoms with van der Waals surface area (Å²) in [6, 6.07) is 11.0. The van der Waals surface area contributed by atoms with E-state index in [1.807, 2.05) is 30.6 Å². The summed E-state index contributed by atoms with van der Waals surface area (Å²) in [7, 11) is 0. The van der Waals surface area contributed by atoms with Crippen molar-refractivity contribution in [2.75, 3.05) is 11.9 Å². The van der Waals surface area contributed by atoms with E-state index in [0.717, 1.165) is 29.6 Å². The molecule has 5 rings (SSSR count). The molecule has 26 heavy (non-hydrogen) atoms. The third-order valence-electron chi connectivity index (χ3n) is 5.81. The number of hydrogen-bond donors (Lipinski definition) is 4. The van der Waals surface area contributed by atoms with E-state index in [-0.39, 0.29) is 0 Å². The van der Waals surface area contributed by atoms with Crippen LogP contribution in [0.1, 0.15) is 36.4 Å². The molecule has 0 spiro atoms. The quantitative estimate of drug-likeness (QED) is 0.583. The molecule has 1 saturated heterocycles. The van der Waals surface area contributed by atoms with Crippen molar-refractivity contribution >= 4 is 16.9 Å². The highest BCUT2D eigenvalue weighted by atomic mass is 15.4. The van der Waals surface area contributed by atoms with Crippen LogP contribution in [0.25, 0.3) is 11.0 Å². The molecular formula is C20H24N6. The van der Waals surface area contributed by atoms with Gasteiger partial charge >= 0.3 is 0 Å². The lowest BCUT2D eigenvalue weighted by Gasteiger charge is -2.31. The van der Waals surface area contributed by atoms with Gasteiger partial charge in [0, 0.05) is 30.4 Å². The molecule has 1 aliphatic carbocycles. The highest BCUT2D eigenvalue weighted by Gasteiger charge is 2.35. The third kappa shape index (κ3) is 2.95. The Labute approximate surface area is 152 Å². The van der Waals surface area contributed by atoms with Crippen molar-refractivity contribution in [1.82, 2.24) is 25.8 Å². The molecule has 4 heterocycles. The van der Waals surface area contributed by atoms with E-state index < -0.39 is 0 Å².